The third-order valence-corrected chi connectivity index (χ3v) is 5.12. The summed E-state index contributed by atoms with van der Waals surface area (Å²) < 4.78 is 68.6. The van der Waals surface area contributed by atoms with Crippen molar-refractivity contribution in [2.75, 3.05) is 18.4 Å². The molecule has 0 saturated carbocycles. The van der Waals surface area contributed by atoms with Gasteiger partial charge in [0.15, 0.2) is 5.69 Å². The van der Waals surface area contributed by atoms with Crippen molar-refractivity contribution in [3.05, 3.63) is 66.4 Å². The van der Waals surface area contributed by atoms with Crippen LogP contribution in [0.2, 0.25) is 0 Å². The largest absolute Gasteiger partial charge is 0.417 e. The summed E-state index contributed by atoms with van der Waals surface area (Å²) in [7, 11) is 0. The number of aromatic nitrogens is 4. The van der Waals surface area contributed by atoms with Crippen LogP contribution in [0.1, 0.15) is 22.5 Å². The lowest BCUT2D eigenvalue weighted by atomic mass is 10.1. The zero-order valence-electron chi connectivity index (χ0n) is 16.4. The topological polar surface area (TPSA) is 75.9 Å². The maximum atomic E-state index is 14.6. The Balaban J connectivity index is 1.54. The van der Waals surface area contributed by atoms with E-state index < -0.39 is 42.6 Å². The molecule has 1 N–H and O–H groups in total. The van der Waals surface area contributed by atoms with E-state index in [4.69, 9.17) is 0 Å². The molecule has 1 fully saturated rings. The van der Waals surface area contributed by atoms with Gasteiger partial charge in [-0.2, -0.15) is 18.3 Å². The van der Waals surface area contributed by atoms with E-state index in [1.165, 1.54) is 17.1 Å². The number of hydrogen-bond acceptors (Lipinski definition) is 5. The summed E-state index contributed by atoms with van der Waals surface area (Å²) in [4.78, 5) is 21.9. The SMILES string of the molecule is O=C(c1ncccc1-n1cccn1)N1CCC(F)(F)C1CNc1ccc(C(F)(F)F)cn1. The minimum absolute atomic E-state index is 0.0110. The van der Waals surface area contributed by atoms with Crippen LogP contribution in [0.15, 0.2) is 55.1 Å². The highest BCUT2D eigenvalue weighted by molar-refractivity contribution is 5.96. The second-order valence-electron chi connectivity index (χ2n) is 7.16. The lowest BCUT2D eigenvalue weighted by Gasteiger charge is -2.28. The molecule has 4 rings (SSSR count). The molecule has 0 bridgehead atoms. The molecule has 1 saturated heterocycles. The molecule has 32 heavy (non-hydrogen) atoms. The number of halogens is 5. The Hall–Kier alpha value is -3.57. The van der Waals surface area contributed by atoms with Gasteiger partial charge in [-0.05, 0) is 30.3 Å². The fraction of sp³-hybridized carbons (Fsp3) is 0.300. The number of carbonyl (C=O) groups is 1. The predicted octanol–water partition coefficient (Wildman–Crippen LogP) is 3.64. The maximum absolute atomic E-state index is 14.6. The van der Waals surface area contributed by atoms with E-state index in [2.05, 4.69) is 20.4 Å². The van der Waals surface area contributed by atoms with Crippen molar-refractivity contribution in [3.63, 3.8) is 0 Å². The summed E-state index contributed by atoms with van der Waals surface area (Å²) in [6.07, 6.45) is 0.00449. The van der Waals surface area contributed by atoms with Gasteiger partial charge >= 0.3 is 6.18 Å². The van der Waals surface area contributed by atoms with Gasteiger partial charge in [-0.15, -0.1) is 0 Å². The highest BCUT2D eigenvalue weighted by Gasteiger charge is 2.51. The minimum Gasteiger partial charge on any atom is -0.368 e. The average Bonchev–Trinajstić information content (AvgIpc) is 3.39. The number of nitrogens with zero attached hydrogens (tertiary/aromatic N) is 5. The molecule has 1 atom stereocenters. The highest BCUT2D eigenvalue weighted by Crippen LogP contribution is 2.35. The Morgan fingerprint density at radius 3 is 2.62 bits per heavy atom. The van der Waals surface area contributed by atoms with Crippen molar-refractivity contribution in [1.82, 2.24) is 24.6 Å². The molecule has 0 aromatic carbocycles. The zero-order chi connectivity index (χ0) is 22.9. The van der Waals surface area contributed by atoms with Crippen molar-refractivity contribution >= 4 is 11.7 Å². The van der Waals surface area contributed by atoms with Gasteiger partial charge < -0.3 is 10.2 Å². The standard InChI is InChI=1S/C20H17F5N6O/c21-19(22)6-10-30(15(19)12-28-16-5-4-13(11-27-16)20(23,24)25)18(32)17-14(3-1-7-26-17)31-9-2-8-29-31/h1-5,7-9,11,15H,6,10,12H2,(H,27,28). The Kier molecular flexibility index (Phi) is 5.53. The van der Waals surface area contributed by atoms with Crippen LogP contribution in [-0.2, 0) is 6.18 Å². The maximum Gasteiger partial charge on any atom is 0.417 e. The fourth-order valence-corrected chi connectivity index (χ4v) is 3.48. The van der Waals surface area contributed by atoms with Crippen molar-refractivity contribution < 1.29 is 26.7 Å². The molecule has 0 spiro atoms. The summed E-state index contributed by atoms with van der Waals surface area (Å²) in [6, 6.07) is 5.16. The van der Waals surface area contributed by atoms with Crippen molar-refractivity contribution in [2.45, 2.75) is 24.6 Å². The van der Waals surface area contributed by atoms with Gasteiger partial charge in [0.1, 0.15) is 11.9 Å². The monoisotopic (exact) mass is 452 g/mol. The minimum atomic E-state index is -4.55. The van der Waals surface area contributed by atoms with Crippen molar-refractivity contribution in [3.8, 4) is 5.69 Å². The molecule has 168 valence electrons. The number of amides is 1. The molecule has 1 unspecified atom stereocenters. The predicted molar refractivity (Wildman–Crippen MR) is 103 cm³/mol. The van der Waals surface area contributed by atoms with E-state index in [0.717, 1.165) is 17.0 Å². The molecule has 0 radical (unpaired) electrons. The van der Waals surface area contributed by atoms with Gasteiger partial charge in [0, 0.05) is 44.3 Å². The van der Waals surface area contributed by atoms with Crippen LogP contribution < -0.4 is 5.32 Å². The van der Waals surface area contributed by atoms with Gasteiger partial charge in [-0.25, -0.2) is 23.4 Å². The summed E-state index contributed by atoms with van der Waals surface area (Å²) in [5.41, 5.74) is -0.646. The lowest BCUT2D eigenvalue weighted by Crippen LogP contribution is -2.47. The molecule has 3 aromatic rings. The first-order chi connectivity index (χ1) is 15.2. The van der Waals surface area contributed by atoms with E-state index >= 15 is 0 Å². The van der Waals surface area contributed by atoms with Gasteiger partial charge in [0.25, 0.3) is 11.8 Å². The van der Waals surface area contributed by atoms with Crippen molar-refractivity contribution in [1.29, 1.82) is 0 Å². The number of nitrogens with one attached hydrogen (secondary N) is 1. The van der Waals surface area contributed by atoms with E-state index in [1.54, 1.807) is 24.4 Å². The molecule has 3 aromatic heterocycles. The van der Waals surface area contributed by atoms with E-state index in [-0.39, 0.29) is 18.1 Å². The van der Waals surface area contributed by atoms with Crippen LogP contribution in [0.4, 0.5) is 27.8 Å². The molecule has 12 heteroatoms. The van der Waals surface area contributed by atoms with E-state index in [1.807, 2.05) is 0 Å². The number of alkyl halides is 5. The molecule has 1 aliphatic heterocycles. The Morgan fingerprint density at radius 2 is 1.97 bits per heavy atom. The number of anilines is 1. The van der Waals surface area contributed by atoms with Crippen molar-refractivity contribution in [2.24, 2.45) is 0 Å². The molecule has 1 aliphatic rings. The first kappa shape index (κ1) is 21.7. The average molecular weight is 452 g/mol. The second kappa shape index (κ2) is 8.17. The summed E-state index contributed by atoms with van der Waals surface area (Å²) in [5, 5.41) is 6.67. The normalized spacial score (nSPS) is 18.0. The Labute approximate surface area is 178 Å². The first-order valence-electron chi connectivity index (χ1n) is 9.58. The highest BCUT2D eigenvalue weighted by atomic mass is 19.4. The smallest absolute Gasteiger partial charge is 0.368 e. The summed E-state index contributed by atoms with van der Waals surface area (Å²) in [6.45, 7) is -0.602. The quantitative estimate of drug-likeness (QED) is 0.599. The van der Waals surface area contributed by atoms with Crippen LogP contribution >= 0.6 is 0 Å². The van der Waals surface area contributed by atoms with Gasteiger partial charge in [-0.3, -0.25) is 4.79 Å². The summed E-state index contributed by atoms with van der Waals surface area (Å²) in [5.74, 6) is -3.90. The van der Waals surface area contributed by atoms with Gasteiger partial charge in [0.05, 0.1) is 11.3 Å². The van der Waals surface area contributed by atoms with Gasteiger partial charge in [-0.1, -0.05) is 0 Å². The molecule has 0 aliphatic carbocycles. The molecule has 4 heterocycles. The van der Waals surface area contributed by atoms with Crippen LogP contribution in [0.5, 0.6) is 0 Å². The third kappa shape index (κ3) is 4.25. The zero-order valence-corrected chi connectivity index (χ0v) is 16.4. The molecular weight excluding hydrogens is 435 g/mol. The number of pyridine rings is 2. The fourth-order valence-electron chi connectivity index (χ4n) is 3.48. The number of hydrogen-bond donors (Lipinski definition) is 1. The van der Waals surface area contributed by atoms with Gasteiger partial charge in [0.2, 0.25) is 0 Å². The van der Waals surface area contributed by atoms with Crippen LogP contribution in [0, 0.1) is 0 Å². The molecule has 1 amide bonds. The van der Waals surface area contributed by atoms with Crippen LogP contribution in [0.3, 0.4) is 0 Å². The lowest BCUT2D eigenvalue weighted by molar-refractivity contribution is -0.137. The second-order valence-corrected chi connectivity index (χ2v) is 7.16. The Bertz CT molecular complexity index is 1080. The Morgan fingerprint density at radius 1 is 1.16 bits per heavy atom. The van der Waals surface area contributed by atoms with E-state index in [0.29, 0.717) is 11.9 Å². The molecule has 7 nitrogen and oxygen atoms in total. The third-order valence-electron chi connectivity index (χ3n) is 5.12. The molecular formula is C20H17F5N6O. The van der Waals surface area contributed by atoms with E-state index in [9.17, 15) is 26.7 Å². The number of likely N-dealkylation sites (tertiary alicyclic amines) is 1. The summed E-state index contributed by atoms with van der Waals surface area (Å²) >= 11 is 0. The first-order valence-corrected chi connectivity index (χ1v) is 9.58. The van der Waals surface area contributed by atoms with Crippen LogP contribution in [-0.4, -0.2) is 55.6 Å². The van der Waals surface area contributed by atoms with Crippen LogP contribution in [0.25, 0.3) is 5.69 Å². The number of rotatable bonds is 5. The number of carbonyl (C=O) groups excluding carboxylic acids is 1.